The molecule has 4 rings (SSSR count). The van der Waals surface area contributed by atoms with Gasteiger partial charge in [-0.3, -0.25) is 4.40 Å². The number of hydrogen-bond donors (Lipinski definition) is 1. The van der Waals surface area contributed by atoms with E-state index in [1.165, 1.54) is 0 Å². The monoisotopic (exact) mass is 457 g/mol. The summed E-state index contributed by atoms with van der Waals surface area (Å²) in [4.78, 5) is 2.17. The van der Waals surface area contributed by atoms with Crippen molar-refractivity contribution in [1.82, 2.24) is 19.5 Å². The lowest BCUT2D eigenvalue weighted by Crippen LogP contribution is -2.40. The molecule has 0 saturated carbocycles. The quantitative estimate of drug-likeness (QED) is 0.546. The molecule has 5 nitrogen and oxygen atoms in total. The fourth-order valence-electron chi connectivity index (χ4n) is 4.07. The number of likely N-dealkylation sites (tertiary alicyclic amines) is 1. The number of piperidine rings is 1. The van der Waals surface area contributed by atoms with Gasteiger partial charge in [-0.15, -0.1) is 10.2 Å². The van der Waals surface area contributed by atoms with E-state index in [0.29, 0.717) is 17.5 Å². The van der Waals surface area contributed by atoms with Crippen LogP contribution in [0.25, 0.3) is 16.8 Å². The first-order valence-electron chi connectivity index (χ1n) is 10.0. The van der Waals surface area contributed by atoms with Crippen molar-refractivity contribution in [3.63, 3.8) is 0 Å². The number of halogens is 6. The smallest absolute Gasteiger partial charge is 0.350 e. The standard InChI is InChI=1S/C21H21F6N5/c1-12-8-17-18(15-6-5-13(20(22,23)24)9-16(15)21(25,26)27)29-30-19(32(17)10-12)28-14-4-3-7-31(2)11-14/h5-6,8-10,14H,3-4,7,11H2,1-2H3,(H,28,30)/t14-/m1/s1. The topological polar surface area (TPSA) is 45.5 Å². The highest BCUT2D eigenvalue weighted by Gasteiger charge is 2.39. The van der Waals surface area contributed by atoms with E-state index >= 15 is 0 Å². The maximum Gasteiger partial charge on any atom is 0.417 e. The predicted octanol–water partition coefficient (Wildman–Crippen LogP) is 5.25. The fraction of sp³-hybridized carbons (Fsp3) is 0.429. The summed E-state index contributed by atoms with van der Waals surface area (Å²) in [6.07, 6.45) is -6.28. The van der Waals surface area contributed by atoms with E-state index in [4.69, 9.17) is 0 Å². The van der Waals surface area contributed by atoms with Gasteiger partial charge in [0.2, 0.25) is 5.95 Å². The summed E-state index contributed by atoms with van der Waals surface area (Å²) in [6.45, 7) is 3.53. The number of nitrogens with one attached hydrogen (secondary N) is 1. The number of hydrogen-bond acceptors (Lipinski definition) is 4. The lowest BCUT2D eigenvalue weighted by molar-refractivity contribution is -0.142. The normalized spacial score (nSPS) is 18.3. The molecule has 3 heterocycles. The number of aromatic nitrogens is 3. The van der Waals surface area contributed by atoms with Crippen LogP contribution in [0.1, 0.15) is 29.5 Å². The Morgan fingerprint density at radius 3 is 2.44 bits per heavy atom. The van der Waals surface area contributed by atoms with Crippen molar-refractivity contribution in [2.75, 3.05) is 25.5 Å². The van der Waals surface area contributed by atoms with Crippen molar-refractivity contribution in [1.29, 1.82) is 0 Å². The minimum atomic E-state index is -5.00. The number of aryl methyl sites for hydroxylation is 1. The SMILES string of the molecule is Cc1cc2c(-c3ccc(C(F)(F)F)cc3C(F)(F)F)nnc(N[C@@H]3CCCN(C)C3)n2c1. The zero-order chi connectivity index (χ0) is 23.3. The van der Waals surface area contributed by atoms with Gasteiger partial charge in [0.15, 0.2) is 0 Å². The number of nitrogens with zero attached hydrogens (tertiary/aromatic N) is 4. The zero-order valence-corrected chi connectivity index (χ0v) is 17.3. The van der Waals surface area contributed by atoms with Crippen LogP contribution >= 0.6 is 0 Å². The van der Waals surface area contributed by atoms with Crippen LogP contribution in [0.4, 0.5) is 32.3 Å². The molecule has 11 heteroatoms. The second kappa shape index (κ2) is 7.95. The number of fused-ring (bicyclic) bond motifs is 1. The van der Waals surface area contributed by atoms with E-state index in [9.17, 15) is 26.3 Å². The first kappa shape index (κ1) is 22.4. The van der Waals surface area contributed by atoms with Crippen molar-refractivity contribution in [2.24, 2.45) is 0 Å². The molecule has 0 spiro atoms. The van der Waals surface area contributed by atoms with Crippen molar-refractivity contribution in [3.05, 3.63) is 47.2 Å². The Morgan fingerprint density at radius 1 is 1.03 bits per heavy atom. The van der Waals surface area contributed by atoms with Crippen LogP contribution in [-0.2, 0) is 12.4 Å². The second-order valence-electron chi connectivity index (χ2n) is 8.15. The highest BCUT2D eigenvalue weighted by atomic mass is 19.4. The molecule has 1 fully saturated rings. The number of alkyl halides is 6. The van der Waals surface area contributed by atoms with Crippen molar-refractivity contribution in [3.8, 4) is 11.3 Å². The van der Waals surface area contributed by atoms with Crippen LogP contribution in [0.15, 0.2) is 30.5 Å². The maximum absolute atomic E-state index is 13.7. The van der Waals surface area contributed by atoms with Crippen LogP contribution in [0, 0.1) is 6.92 Å². The zero-order valence-electron chi connectivity index (χ0n) is 17.3. The Morgan fingerprint density at radius 2 is 1.78 bits per heavy atom. The van der Waals surface area contributed by atoms with Gasteiger partial charge in [0.05, 0.1) is 16.6 Å². The van der Waals surface area contributed by atoms with Crippen molar-refractivity contribution >= 4 is 11.5 Å². The summed E-state index contributed by atoms with van der Waals surface area (Å²) in [5.74, 6) is 0.373. The predicted molar refractivity (Wildman–Crippen MR) is 107 cm³/mol. The molecule has 1 N–H and O–H groups in total. The average Bonchev–Trinajstić information content (AvgIpc) is 3.08. The van der Waals surface area contributed by atoms with Gasteiger partial charge >= 0.3 is 12.4 Å². The molecular formula is C21H21F6N5. The Kier molecular flexibility index (Phi) is 5.56. The molecule has 0 amide bonds. The van der Waals surface area contributed by atoms with Gasteiger partial charge < -0.3 is 10.2 Å². The minimum Gasteiger partial charge on any atom is -0.350 e. The third-order valence-corrected chi connectivity index (χ3v) is 5.54. The van der Waals surface area contributed by atoms with E-state index in [0.717, 1.165) is 37.6 Å². The van der Waals surface area contributed by atoms with E-state index in [1.54, 1.807) is 23.6 Å². The molecule has 172 valence electrons. The summed E-state index contributed by atoms with van der Waals surface area (Å²) < 4.78 is 81.8. The van der Waals surface area contributed by atoms with Gasteiger partial charge in [-0.05, 0) is 57.1 Å². The highest BCUT2D eigenvalue weighted by Crippen LogP contribution is 2.41. The van der Waals surface area contributed by atoms with Gasteiger partial charge in [0.1, 0.15) is 5.69 Å². The molecule has 32 heavy (non-hydrogen) atoms. The molecule has 0 radical (unpaired) electrons. The molecule has 3 aromatic rings. The lowest BCUT2D eigenvalue weighted by atomic mass is 10.00. The highest BCUT2D eigenvalue weighted by molar-refractivity contribution is 5.81. The summed E-state index contributed by atoms with van der Waals surface area (Å²) in [5.41, 5.74) is -2.28. The third kappa shape index (κ3) is 4.38. The number of anilines is 1. The van der Waals surface area contributed by atoms with E-state index < -0.39 is 29.0 Å². The van der Waals surface area contributed by atoms with E-state index in [-0.39, 0.29) is 17.8 Å². The fourth-order valence-corrected chi connectivity index (χ4v) is 4.07. The molecule has 1 atom stereocenters. The van der Waals surface area contributed by atoms with E-state index in [2.05, 4.69) is 20.4 Å². The van der Waals surface area contributed by atoms with Gasteiger partial charge in [0, 0.05) is 24.3 Å². The Bertz CT molecular complexity index is 1130. The number of likely N-dealkylation sites (N-methyl/N-ethyl adjacent to an activating group) is 1. The summed E-state index contributed by atoms with van der Waals surface area (Å²) >= 11 is 0. The summed E-state index contributed by atoms with van der Waals surface area (Å²) in [5, 5.41) is 11.4. The van der Waals surface area contributed by atoms with Crippen molar-refractivity contribution < 1.29 is 26.3 Å². The van der Waals surface area contributed by atoms with Crippen LogP contribution in [0.3, 0.4) is 0 Å². The van der Waals surface area contributed by atoms with Crippen LogP contribution in [-0.4, -0.2) is 45.7 Å². The second-order valence-corrected chi connectivity index (χ2v) is 8.15. The maximum atomic E-state index is 13.7. The Labute approximate surface area is 180 Å². The first-order valence-corrected chi connectivity index (χ1v) is 10.0. The first-order chi connectivity index (χ1) is 14.9. The summed E-state index contributed by atoms with van der Waals surface area (Å²) in [6, 6.07) is 3.29. The van der Waals surface area contributed by atoms with E-state index in [1.807, 2.05) is 7.05 Å². The molecule has 0 unspecified atom stereocenters. The summed E-state index contributed by atoms with van der Waals surface area (Å²) in [7, 11) is 2.00. The largest absolute Gasteiger partial charge is 0.417 e. The Balaban J connectivity index is 1.82. The number of benzene rings is 1. The van der Waals surface area contributed by atoms with Gasteiger partial charge in [0.25, 0.3) is 0 Å². The molecule has 1 saturated heterocycles. The van der Waals surface area contributed by atoms with Crippen LogP contribution in [0.5, 0.6) is 0 Å². The average molecular weight is 457 g/mol. The molecule has 0 aliphatic carbocycles. The molecule has 0 bridgehead atoms. The van der Waals surface area contributed by atoms with Crippen LogP contribution in [0.2, 0.25) is 0 Å². The minimum absolute atomic E-state index is 0.0941. The third-order valence-electron chi connectivity index (χ3n) is 5.54. The van der Waals surface area contributed by atoms with Crippen molar-refractivity contribution in [2.45, 2.75) is 38.2 Å². The molecule has 1 aliphatic rings. The number of rotatable bonds is 3. The van der Waals surface area contributed by atoms with Gasteiger partial charge in [-0.25, -0.2) is 0 Å². The molecule has 1 aromatic carbocycles. The van der Waals surface area contributed by atoms with Gasteiger partial charge in [-0.1, -0.05) is 6.07 Å². The Hall–Kier alpha value is -2.82. The van der Waals surface area contributed by atoms with Gasteiger partial charge in [-0.2, -0.15) is 26.3 Å². The molecular weight excluding hydrogens is 436 g/mol. The van der Waals surface area contributed by atoms with Crippen LogP contribution < -0.4 is 5.32 Å². The lowest BCUT2D eigenvalue weighted by Gasteiger charge is -2.30. The molecule has 2 aromatic heterocycles. The molecule has 1 aliphatic heterocycles.